The van der Waals surface area contributed by atoms with E-state index in [1.807, 2.05) is 32.9 Å². The molecular formula is C19H28N2O4. The second-order valence-electron chi connectivity index (χ2n) is 7.34. The summed E-state index contributed by atoms with van der Waals surface area (Å²) in [6.07, 6.45) is 2.16. The fraction of sp³-hybridized carbons (Fsp3) is 0.579. The summed E-state index contributed by atoms with van der Waals surface area (Å²) < 4.78 is 10.9. The van der Waals surface area contributed by atoms with Crippen LogP contribution >= 0.6 is 0 Å². The highest BCUT2D eigenvalue weighted by molar-refractivity contribution is 5.96. The number of ether oxygens (including phenoxy) is 2. The van der Waals surface area contributed by atoms with Gasteiger partial charge in [0.1, 0.15) is 5.75 Å². The lowest BCUT2D eigenvalue weighted by Crippen LogP contribution is -2.36. The molecular weight excluding hydrogens is 320 g/mol. The van der Waals surface area contributed by atoms with Crippen molar-refractivity contribution in [2.45, 2.75) is 39.7 Å². The molecule has 1 aliphatic heterocycles. The normalized spacial score (nSPS) is 17.2. The number of amides is 2. The SMILES string of the molecule is CN(C(=O)C(C)(C)C)c1ccc(OCC(=O)NCC2CCCO2)cc1. The van der Waals surface area contributed by atoms with Gasteiger partial charge in [0, 0.05) is 31.3 Å². The summed E-state index contributed by atoms with van der Waals surface area (Å²) in [5.74, 6) is 0.460. The Morgan fingerprint density at radius 2 is 1.96 bits per heavy atom. The van der Waals surface area contributed by atoms with E-state index in [0.717, 1.165) is 25.1 Å². The zero-order valence-electron chi connectivity index (χ0n) is 15.5. The molecule has 1 N–H and O–H groups in total. The lowest BCUT2D eigenvalue weighted by Gasteiger charge is -2.26. The zero-order valence-corrected chi connectivity index (χ0v) is 15.5. The van der Waals surface area contributed by atoms with Crippen LogP contribution in [0.4, 0.5) is 5.69 Å². The van der Waals surface area contributed by atoms with Crippen LogP contribution in [0.5, 0.6) is 5.75 Å². The van der Waals surface area contributed by atoms with E-state index in [2.05, 4.69) is 5.32 Å². The highest BCUT2D eigenvalue weighted by Gasteiger charge is 2.25. The monoisotopic (exact) mass is 348 g/mol. The van der Waals surface area contributed by atoms with Crippen molar-refractivity contribution in [3.8, 4) is 5.75 Å². The summed E-state index contributed by atoms with van der Waals surface area (Å²) >= 11 is 0. The number of rotatable bonds is 6. The maximum Gasteiger partial charge on any atom is 0.258 e. The Hall–Kier alpha value is -2.08. The van der Waals surface area contributed by atoms with Crippen molar-refractivity contribution >= 4 is 17.5 Å². The van der Waals surface area contributed by atoms with Gasteiger partial charge in [-0.15, -0.1) is 0 Å². The average molecular weight is 348 g/mol. The molecule has 2 rings (SSSR count). The maximum absolute atomic E-state index is 12.3. The molecule has 1 aliphatic rings. The molecule has 0 bridgehead atoms. The number of anilines is 1. The minimum atomic E-state index is -0.439. The summed E-state index contributed by atoms with van der Waals surface area (Å²) in [6.45, 7) is 6.93. The fourth-order valence-electron chi connectivity index (χ4n) is 2.62. The van der Waals surface area contributed by atoms with Gasteiger partial charge in [0.05, 0.1) is 6.10 Å². The van der Waals surface area contributed by atoms with Crippen LogP contribution in [0.15, 0.2) is 24.3 Å². The molecule has 0 radical (unpaired) electrons. The summed E-state index contributed by atoms with van der Waals surface area (Å²) in [6, 6.07) is 7.14. The topological polar surface area (TPSA) is 67.9 Å². The second-order valence-corrected chi connectivity index (χ2v) is 7.34. The van der Waals surface area contributed by atoms with E-state index in [9.17, 15) is 9.59 Å². The Bertz CT molecular complexity index is 586. The van der Waals surface area contributed by atoms with Crippen LogP contribution in [0.25, 0.3) is 0 Å². The minimum Gasteiger partial charge on any atom is -0.484 e. The second kappa shape index (κ2) is 8.34. The summed E-state index contributed by atoms with van der Waals surface area (Å²) in [4.78, 5) is 25.7. The van der Waals surface area contributed by atoms with E-state index in [4.69, 9.17) is 9.47 Å². The first-order valence-corrected chi connectivity index (χ1v) is 8.66. The summed E-state index contributed by atoms with van der Waals surface area (Å²) in [7, 11) is 1.75. The van der Waals surface area contributed by atoms with Gasteiger partial charge in [0.25, 0.3) is 5.91 Å². The van der Waals surface area contributed by atoms with Crippen LogP contribution in [-0.4, -0.2) is 44.7 Å². The third kappa shape index (κ3) is 5.74. The fourth-order valence-corrected chi connectivity index (χ4v) is 2.62. The van der Waals surface area contributed by atoms with E-state index < -0.39 is 5.41 Å². The van der Waals surface area contributed by atoms with Crippen LogP contribution in [0.3, 0.4) is 0 Å². The van der Waals surface area contributed by atoms with Gasteiger partial charge in [0.15, 0.2) is 6.61 Å². The van der Waals surface area contributed by atoms with Crippen LogP contribution in [0.2, 0.25) is 0 Å². The van der Waals surface area contributed by atoms with Crippen molar-refractivity contribution in [2.24, 2.45) is 5.41 Å². The molecule has 1 aromatic rings. The minimum absolute atomic E-state index is 0.0367. The number of carbonyl (C=O) groups is 2. The van der Waals surface area contributed by atoms with Crippen LogP contribution in [0, 0.1) is 5.41 Å². The van der Waals surface area contributed by atoms with Gasteiger partial charge in [-0.05, 0) is 37.1 Å². The van der Waals surface area contributed by atoms with Crippen molar-refractivity contribution in [1.29, 1.82) is 0 Å². The molecule has 0 aromatic heterocycles. The zero-order chi connectivity index (χ0) is 18.4. The third-order valence-electron chi connectivity index (χ3n) is 4.09. The Balaban J connectivity index is 1.79. The molecule has 6 nitrogen and oxygen atoms in total. The standard InChI is InChI=1S/C19H28N2O4/c1-19(2,3)18(23)21(4)14-7-9-15(10-8-14)25-13-17(22)20-12-16-6-5-11-24-16/h7-10,16H,5-6,11-13H2,1-4H3,(H,20,22). The molecule has 0 aliphatic carbocycles. The molecule has 1 unspecified atom stereocenters. The van der Waals surface area contributed by atoms with Crippen LogP contribution in [-0.2, 0) is 14.3 Å². The van der Waals surface area contributed by atoms with Crippen molar-refractivity contribution in [3.05, 3.63) is 24.3 Å². The molecule has 2 amide bonds. The van der Waals surface area contributed by atoms with E-state index in [-0.39, 0.29) is 24.5 Å². The van der Waals surface area contributed by atoms with Crippen molar-refractivity contribution in [1.82, 2.24) is 5.32 Å². The number of carbonyl (C=O) groups excluding carboxylic acids is 2. The van der Waals surface area contributed by atoms with Gasteiger partial charge < -0.3 is 19.7 Å². The van der Waals surface area contributed by atoms with Gasteiger partial charge >= 0.3 is 0 Å². The van der Waals surface area contributed by atoms with Crippen molar-refractivity contribution in [2.75, 3.05) is 31.7 Å². The van der Waals surface area contributed by atoms with Crippen LogP contribution < -0.4 is 15.0 Å². The van der Waals surface area contributed by atoms with E-state index in [1.54, 1.807) is 24.1 Å². The Kier molecular flexibility index (Phi) is 6.42. The number of nitrogens with one attached hydrogen (secondary N) is 1. The molecule has 25 heavy (non-hydrogen) atoms. The largest absolute Gasteiger partial charge is 0.484 e. The van der Waals surface area contributed by atoms with Gasteiger partial charge in [0.2, 0.25) is 5.91 Å². The molecule has 0 spiro atoms. The molecule has 1 fully saturated rings. The van der Waals surface area contributed by atoms with Gasteiger partial charge in [-0.2, -0.15) is 0 Å². The molecule has 138 valence electrons. The number of hydrogen-bond donors (Lipinski definition) is 1. The molecule has 1 atom stereocenters. The number of nitrogens with zero attached hydrogens (tertiary/aromatic N) is 1. The Morgan fingerprint density at radius 1 is 1.28 bits per heavy atom. The van der Waals surface area contributed by atoms with E-state index in [0.29, 0.717) is 12.3 Å². The smallest absolute Gasteiger partial charge is 0.258 e. The van der Waals surface area contributed by atoms with E-state index >= 15 is 0 Å². The summed E-state index contributed by atoms with van der Waals surface area (Å²) in [5, 5.41) is 2.81. The highest BCUT2D eigenvalue weighted by Crippen LogP contribution is 2.24. The molecule has 1 heterocycles. The molecule has 1 saturated heterocycles. The molecule has 0 saturated carbocycles. The van der Waals surface area contributed by atoms with Crippen molar-refractivity contribution < 1.29 is 19.1 Å². The first-order valence-electron chi connectivity index (χ1n) is 8.66. The maximum atomic E-state index is 12.3. The molecule has 6 heteroatoms. The predicted octanol–water partition coefficient (Wildman–Crippen LogP) is 2.37. The lowest BCUT2D eigenvalue weighted by atomic mass is 9.95. The first-order chi connectivity index (χ1) is 11.8. The average Bonchev–Trinajstić information content (AvgIpc) is 3.10. The quantitative estimate of drug-likeness (QED) is 0.857. The van der Waals surface area contributed by atoms with Crippen LogP contribution in [0.1, 0.15) is 33.6 Å². The molecule has 1 aromatic carbocycles. The highest BCUT2D eigenvalue weighted by atomic mass is 16.5. The number of hydrogen-bond acceptors (Lipinski definition) is 4. The predicted molar refractivity (Wildman–Crippen MR) is 96.8 cm³/mol. The third-order valence-corrected chi connectivity index (χ3v) is 4.09. The van der Waals surface area contributed by atoms with Gasteiger partial charge in [-0.25, -0.2) is 0 Å². The van der Waals surface area contributed by atoms with Gasteiger partial charge in [-0.3, -0.25) is 9.59 Å². The van der Waals surface area contributed by atoms with Gasteiger partial charge in [-0.1, -0.05) is 20.8 Å². The van der Waals surface area contributed by atoms with E-state index in [1.165, 1.54) is 0 Å². The lowest BCUT2D eigenvalue weighted by molar-refractivity contribution is -0.125. The summed E-state index contributed by atoms with van der Waals surface area (Å²) in [5.41, 5.74) is 0.348. The van der Waals surface area contributed by atoms with Crippen molar-refractivity contribution in [3.63, 3.8) is 0 Å². The Morgan fingerprint density at radius 3 is 2.52 bits per heavy atom. The Labute approximate surface area is 149 Å². The first kappa shape index (κ1) is 19.2. The number of benzene rings is 1.